The highest BCUT2D eigenvalue weighted by Gasteiger charge is 2.69. The zero-order valence-electron chi connectivity index (χ0n) is 20.1. The van der Waals surface area contributed by atoms with Crippen LogP contribution in [-0.2, 0) is 9.47 Å². The number of fused-ring (bicyclic) bond motifs is 5. The smallest absolute Gasteiger partial charge is 0.322 e. The second-order valence-corrected chi connectivity index (χ2v) is 12.2. The molecule has 6 rings (SSSR count). The molecule has 0 aromatic rings. The maximum absolute atomic E-state index is 16.0. The van der Waals surface area contributed by atoms with Crippen LogP contribution in [0.15, 0.2) is 16.6 Å². The van der Waals surface area contributed by atoms with Gasteiger partial charge in [-0.1, -0.05) is 19.9 Å². The van der Waals surface area contributed by atoms with E-state index in [0.29, 0.717) is 43.7 Å². The molecule has 1 N–H and O–H groups in total. The van der Waals surface area contributed by atoms with Crippen molar-refractivity contribution in [2.75, 3.05) is 6.61 Å². The number of aliphatic hydroxyl groups is 1. The third-order valence-corrected chi connectivity index (χ3v) is 10.4. The van der Waals surface area contributed by atoms with E-state index in [-0.39, 0.29) is 23.3 Å². The molecule has 6 aliphatic rings. The van der Waals surface area contributed by atoms with Crippen molar-refractivity contribution in [2.24, 2.45) is 33.6 Å². The van der Waals surface area contributed by atoms with Crippen LogP contribution in [0, 0.1) is 28.6 Å². The SMILES string of the molecule is C[C@]12CCC(O)(OC3CCCCO3)C(F)(F)C1=CC[C@@H]1[C@@H]2CC[C@]2(C)C(=NC3CC3)CC[C@@H]12. The minimum Gasteiger partial charge on any atom is -0.360 e. The van der Waals surface area contributed by atoms with E-state index in [1.165, 1.54) is 18.6 Å². The summed E-state index contributed by atoms with van der Waals surface area (Å²) in [6, 6.07) is 0.548. The van der Waals surface area contributed by atoms with Crippen molar-refractivity contribution in [1.29, 1.82) is 0 Å². The molecule has 0 spiro atoms. The minimum atomic E-state index is -3.40. The molecule has 2 unspecified atom stereocenters. The van der Waals surface area contributed by atoms with Gasteiger partial charge in [-0.2, -0.15) is 8.78 Å². The number of hydrogen-bond acceptors (Lipinski definition) is 4. The van der Waals surface area contributed by atoms with Gasteiger partial charge in [0.1, 0.15) is 0 Å². The highest BCUT2D eigenvalue weighted by atomic mass is 19.3. The van der Waals surface area contributed by atoms with Gasteiger partial charge in [0, 0.05) is 29.7 Å². The monoisotopic (exact) mass is 463 g/mol. The van der Waals surface area contributed by atoms with Gasteiger partial charge >= 0.3 is 5.92 Å². The summed E-state index contributed by atoms with van der Waals surface area (Å²) in [6.07, 6.45) is 11.3. The summed E-state index contributed by atoms with van der Waals surface area (Å²) >= 11 is 0. The van der Waals surface area contributed by atoms with E-state index in [0.717, 1.165) is 38.5 Å². The number of halogens is 2. The topological polar surface area (TPSA) is 51.0 Å². The summed E-state index contributed by atoms with van der Waals surface area (Å²) < 4.78 is 43.1. The third-order valence-electron chi connectivity index (χ3n) is 10.4. The van der Waals surface area contributed by atoms with Gasteiger partial charge in [0.05, 0.1) is 6.04 Å². The molecule has 6 heteroatoms. The Morgan fingerprint density at radius 3 is 2.52 bits per heavy atom. The van der Waals surface area contributed by atoms with Crippen molar-refractivity contribution >= 4 is 5.71 Å². The van der Waals surface area contributed by atoms with E-state index >= 15 is 8.78 Å². The molecule has 1 aliphatic heterocycles. The normalized spacial score (nSPS) is 50.3. The Morgan fingerprint density at radius 2 is 1.79 bits per heavy atom. The lowest BCUT2D eigenvalue weighted by Crippen LogP contribution is -2.63. The Hall–Kier alpha value is -0.850. The Kier molecular flexibility index (Phi) is 5.19. The van der Waals surface area contributed by atoms with E-state index in [2.05, 4.69) is 6.92 Å². The van der Waals surface area contributed by atoms with Crippen LogP contribution in [-0.4, -0.2) is 41.5 Å². The number of alkyl halides is 2. The standard InChI is InChI=1S/C27H39F2NO3/c1-24-14-15-26(31,33-23-5-3-4-16-32-23)27(28,29)21(24)10-8-18-19-9-11-22(30-17-6-7-17)25(19,2)13-12-20(18)24/h10,17-20,23,31H,3-9,11-16H2,1-2H3/t18-,19-,20-,23?,24+,25-,26?/m0/s1. The van der Waals surface area contributed by atoms with Crippen LogP contribution in [0.3, 0.4) is 0 Å². The molecule has 0 aromatic carbocycles. The first-order valence-corrected chi connectivity index (χ1v) is 13.4. The van der Waals surface area contributed by atoms with Gasteiger partial charge in [-0.15, -0.1) is 0 Å². The van der Waals surface area contributed by atoms with E-state index in [1.807, 2.05) is 6.92 Å². The lowest BCUT2D eigenvalue weighted by molar-refractivity contribution is -0.375. The highest BCUT2D eigenvalue weighted by Crippen LogP contribution is 2.67. The largest absolute Gasteiger partial charge is 0.360 e. The van der Waals surface area contributed by atoms with Gasteiger partial charge in [-0.25, -0.2) is 0 Å². The first-order valence-electron chi connectivity index (χ1n) is 13.4. The fourth-order valence-electron chi connectivity index (χ4n) is 8.28. The van der Waals surface area contributed by atoms with E-state index in [4.69, 9.17) is 14.5 Å². The van der Waals surface area contributed by atoms with Crippen molar-refractivity contribution in [1.82, 2.24) is 0 Å². The zero-order chi connectivity index (χ0) is 23.1. The number of ether oxygens (including phenoxy) is 2. The second kappa shape index (κ2) is 7.57. The van der Waals surface area contributed by atoms with Crippen LogP contribution < -0.4 is 0 Å². The number of allylic oxidation sites excluding steroid dienone is 1. The Balaban J connectivity index is 1.28. The maximum atomic E-state index is 16.0. The van der Waals surface area contributed by atoms with Gasteiger partial charge in [-0.3, -0.25) is 4.99 Å². The molecule has 0 amide bonds. The molecule has 7 atom stereocenters. The van der Waals surface area contributed by atoms with Crippen molar-refractivity contribution in [2.45, 2.75) is 115 Å². The lowest BCUT2D eigenvalue weighted by atomic mass is 9.47. The highest BCUT2D eigenvalue weighted by molar-refractivity contribution is 5.92. The number of aliphatic imine (C=N–C) groups is 1. The Morgan fingerprint density at radius 1 is 1.00 bits per heavy atom. The van der Waals surface area contributed by atoms with Gasteiger partial charge in [0.2, 0.25) is 5.79 Å². The Labute approximate surface area is 196 Å². The summed E-state index contributed by atoms with van der Waals surface area (Å²) in [4.78, 5) is 5.10. The summed E-state index contributed by atoms with van der Waals surface area (Å²) in [5, 5.41) is 11.1. The molecular weight excluding hydrogens is 424 g/mol. The van der Waals surface area contributed by atoms with Crippen LogP contribution in [0.25, 0.3) is 0 Å². The molecule has 184 valence electrons. The van der Waals surface area contributed by atoms with Crippen molar-refractivity contribution in [3.05, 3.63) is 11.6 Å². The molecular formula is C27H39F2NO3. The van der Waals surface area contributed by atoms with E-state index in [1.54, 1.807) is 6.08 Å². The average Bonchev–Trinajstić information content (AvgIpc) is 3.54. The van der Waals surface area contributed by atoms with E-state index in [9.17, 15) is 5.11 Å². The molecule has 0 radical (unpaired) electrons. The Bertz CT molecular complexity index is 863. The lowest BCUT2D eigenvalue weighted by Gasteiger charge is -2.59. The van der Waals surface area contributed by atoms with Crippen LogP contribution in [0.5, 0.6) is 0 Å². The van der Waals surface area contributed by atoms with Gasteiger partial charge < -0.3 is 14.6 Å². The van der Waals surface area contributed by atoms with Gasteiger partial charge in [0.15, 0.2) is 6.29 Å². The molecule has 0 aromatic heterocycles. The first kappa shape index (κ1) is 22.6. The van der Waals surface area contributed by atoms with Crippen LogP contribution in [0.2, 0.25) is 0 Å². The number of hydrogen-bond donors (Lipinski definition) is 1. The maximum Gasteiger partial charge on any atom is 0.322 e. The third kappa shape index (κ3) is 3.33. The molecule has 4 nitrogen and oxygen atoms in total. The molecule has 33 heavy (non-hydrogen) atoms. The molecule has 0 bridgehead atoms. The predicted molar refractivity (Wildman–Crippen MR) is 122 cm³/mol. The van der Waals surface area contributed by atoms with Crippen LogP contribution in [0.1, 0.15) is 90.9 Å². The quantitative estimate of drug-likeness (QED) is 0.411. The van der Waals surface area contributed by atoms with Crippen molar-refractivity contribution < 1.29 is 23.4 Å². The predicted octanol–water partition coefficient (Wildman–Crippen LogP) is 6.03. The number of nitrogens with zero attached hydrogens (tertiary/aromatic N) is 1. The molecule has 1 saturated heterocycles. The summed E-state index contributed by atoms with van der Waals surface area (Å²) in [5.74, 6) is -4.69. The molecule has 1 heterocycles. The van der Waals surface area contributed by atoms with Crippen LogP contribution in [0.4, 0.5) is 8.78 Å². The average molecular weight is 464 g/mol. The summed E-state index contributed by atoms with van der Waals surface area (Å²) in [7, 11) is 0. The van der Waals surface area contributed by atoms with Gasteiger partial charge in [0.25, 0.3) is 0 Å². The molecule has 5 aliphatic carbocycles. The van der Waals surface area contributed by atoms with Crippen molar-refractivity contribution in [3.63, 3.8) is 0 Å². The first-order chi connectivity index (χ1) is 15.7. The zero-order valence-corrected chi connectivity index (χ0v) is 20.1. The number of rotatable bonds is 3. The fourth-order valence-corrected chi connectivity index (χ4v) is 8.28. The van der Waals surface area contributed by atoms with Gasteiger partial charge in [-0.05, 0) is 93.8 Å². The van der Waals surface area contributed by atoms with Crippen LogP contribution >= 0.6 is 0 Å². The minimum absolute atomic E-state index is 0.0484. The molecule has 5 fully saturated rings. The fraction of sp³-hybridized carbons (Fsp3) is 0.889. The summed E-state index contributed by atoms with van der Waals surface area (Å²) in [6.45, 7) is 4.94. The van der Waals surface area contributed by atoms with Crippen molar-refractivity contribution in [3.8, 4) is 0 Å². The second-order valence-electron chi connectivity index (χ2n) is 12.2. The molecule has 4 saturated carbocycles. The summed E-state index contributed by atoms with van der Waals surface area (Å²) in [5.41, 5.74) is 1.09. The van der Waals surface area contributed by atoms with E-state index < -0.39 is 23.4 Å².